The number of fused-ring (bicyclic) bond motifs is 1. The molecule has 0 radical (unpaired) electrons. The number of hydrogen-bond donors (Lipinski definition) is 6. The second-order valence-corrected chi connectivity index (χ2v) is 9.16. The lowest BCUT2D eigenvalue weighted by atomic mass is 9.89. The van der Waals surface area contributed by atoms with Crippen molar-refractivity contribution in [3.05, 3.63) is 15.9 Å². The number of aromatic nitrogens is 2. The lowest BCUT2D eigenvalue weighted by Gasteiger charge is -2.35. The Morgan fingerprint density at radius 2 is 1.71 bits per heavy atom. The molecular weight excluding hydrogens is 454 g/mol. The third kappa shape index (κ3) is 8.48. The number of nitrogen functional groups attached to an aromatic ring is 1. The first-order chi connectivity index (χ1) is 16.7. The Bertz CT molecular complexity index is 894. The van der Waals surface area contributed by atoms with Crippen molar-refractivity contribution in [1.82, 2.24) is 9.97 Å². The van der Waals surface area contributed by atoms with E-state index in [2.05, 4.69) is 22.2 Å². The first-order valence-corrected chi connectivity index (χ1v) is 12.4. The molecule has 35 heavy (non-hydrogen) atoms. The summed E-state index contributed by atoms with van der Waals surface area (Å²) in [5, 5.41) is 3.07. The zero-order valence-electron chi connectivity index (χ0n) is 20.8. The first kappa shape index (κ1) is 28.5. The summed E-state index contributed by atoms with van der Waals surface area (Å²) in [6.07, 6.45) is 3.75. The number of hydrogen-bond acceptors (Lipinski definition) is 11. The summed E-state index contributed by atoms with van der Waals surface area (Å²) < 4.78 is 11.4. The number of unbranched alkanes of at least 4 members (excludes halogenated alkanes) is 3. The van der Waals surface area contributed by atoms with E-state index in [0.717, 1.165) is 25.7 Å². The lowest BCUT2D eigenvalue weighted by molar-refractivity contribution is -0.172. The van der Waals surface area contributed by atoms with Gasteiger partial charge < -0.3 is 37.7 Å². The van der Waals surface area contributed by atoms with Crippen LogP contribution in [0.25, 0.3) is 0 Å². The molecule has 0 aromatic carbocycles. The average Bonchev–Trinajstić information content (AvgIpc) is 2.82. The van der Waals surface area contributed by atoms with E-state index in [-0.39, 0.29) is 23.8 Å². The fourth-order valence-corrected chi connectivity index (χ4v) is 4.14. The molecule has 0 bridgehead atoms. The van der Waals surface area contributed by atoms with Gasteiger partial charge in [-0.1, -0.05) is 32.6 Å². The molecule has 0 saturated carbocycles. The molecule has 1 aromatic heterocycles. The van der Waals surface area contributed by atoms with Gasteiger partial charge in [0.2, 0.25) is 5.95 Å². The summed E-state index contributed by atoms with van der Waals surface area (Å²) in [6, 6.07) is -1.60. The van der Waals surface area contributed by atoms with Crippen LogP contribution >= 0.6 is 0 Å². The quantitative estimate of drug-likeness (QED) is 0.151. The molecule has 0 spiro atoms. The summed E-state index contributed by atoms with van der Waals surface area (Å²) in [5.41, 5.74) is 23.2. The minimum Gasteiger partial charge on any atom is -0.458 e. The highest BCUT2D eigenvalue weighted by Gasteiger charge is 2.38. The van der Waals surface area contributed by atoms with E-state index in [0.29, 0.717) is 43.7 Å². The van der Waals surface area contributed by atoms with Gasteiger partial charge in [0.05, 0.1) is 5.56 Å². The number of ether oxygens (including phenoxy) is 2. The number of carbonyl (C=O) groups is 2. The van der Waals surface area contributed by atoms with Crippen molar-refractivity contribution in [3.63, 3.8) is 0 Å². The van der Waals surface area contributed by atoms with Crippen LogP contribution in [0, 0.1) is 5.92 Å². The second-order valence-electron chi connectivity index (χ2n) is 9.16. The van der Waals surface area contributed by atoms with Crippen LogP contribution in [0.2, 0.25) is 0 Å². The highest BCUT2D eigenvalue weighted by Crippen LogP contribution is 2.27. The molecule has 1 aliphatic rings. The van der Waals surface area contributed by atoms with E-state index in [1.165, 1.54) is 0 Å². The second kappa shape index (κ2) is 14.0. The van der Waals surface area contributed by atoms with Crippen LogP contribution in [0.3, 0.4) is 0 Å². The molecule has 10 N–H and O–H groups in total. The average molecular weight is 496 g/mol. The Labute approximate surface area is 205 Å². The minimum atomic E-state index is -0.854. The lowest BCUT2D eigenvalue weighted by Crippen LogP contribution is -2.48. The van der Waals surface area contributed by atoms with Gasteiger partial charge in [-0.2, -0.15) is 4.98 Å². The number of nitrogens with zero attached hydrogens (tertiary/aromatic N) is 1. The molecule has 5 atom stereocenters. The molecule has 0 fully saturated rings. The van der Waals surface area contributed by atoms with Gasteiger partial charge in [0.25, 0.3) is 5.56 Å². The number of esters is 2. The Hall–Kier alpha value is -2.70. The normalized spacial score (nSPS) is 18.5. The number of rotatable bonds is 14. The molecule has 198 valence electrons. The monoisotopic (exact) mass is 495 g/mol. The van der Waals surface area contributed by atoms with Crippen LogP contribution in [-0.2, 0) is 25.5 Å². The fraction of sp³-hybridized carbons (Fsp3) is 0.739. The highest BCUT2D eigenvalue weighted by atomic mass is 16.6. The van der Waals surface area contributed by atoms with E-state index in [9.17, 15) is 14.4 Å². The molecule has 2 heterocycles. The number of carbonyl (C=O) groups excluding carboxylic acids is 2. The van der Waals surface area contributed by atoms with E-state index in [1.54, 1.807) is 6.92 Å². The third-order valence-electron chi connectivity index (χ3n) is 6.21. The van der Waals surface area contributed by atoms with Crippen molar-refractivity contribution in [2.24, 2.45) is 23.1 Å². The van der Waals surface area contributed by atoms with Crippen LogP contribution in [0.4, 0.5) is 11.8 Å². The minimum absolute atomic E-state index is 0.00508. The van der Waals surface area contributed by atoms with E-state index < -0.39 is 36.2 Å². The summed E-state index contributed by atoms with van der Waals surface area (Å²) in [6.45, 7) is 4.55. The van der Waals surface area contributed by atoms with Crippen molar-refractivity contribution in [3.8, 4) is 0 Å². The van der Waals surface area contributed by atoms with Crippen molar-refractivity contribution < 1.29 is 19.1 Å². The Balaban J connectivity index is 2.16. The van der Waals surface area contributed by atoms with E-state index in [4.69, 9.17) is 32.4 Å². The number of H-pyrrole nitrogens is 1. The number of nitrogens with one attached hydrogen (secondary N) is 2. The topological polar surface area (TPSA) is 214 Å². The van der Waals surface area contributed by atoms with Crippen molar-refractivity contribution in [2.75, 3.05) is 24.1 Å². The molecule has 0 unspecified atom stereocenters. The van der Waals surface area contributed by atoms with Crippen LogP contribution in [0.1, 0.15) is 64.4 Å². The van der Waals surface area contributed by atoms with Crippen LogP contribution < -0.4 is 33.8 Å². The SMILES string of the molecule is CCCCC[C@H](N)C(=O)O[C@@H](C)[C@H](OC(=O)[C@@H](N)CCCCN)[C@H]1CNc2nc(N)[nH]c(=O)c2C1. The number of anilines is 2. The molecule has 12 nitrogen and oxygen atoms in total. The highest BCUT2D eigenvalue weighted by molar-refractivity contribution is 5.76. The molecule has 0 aliphatic carbocycles. The van der Waals surface area contributed by atoms with Gasteiger partial charge in [0.15, 0.2) is 0 Å². The molecule has 1 aromatic rings. The number of aromatic amines is 1. The van der Waals surface area contributed by atoms with Crippen LogP contribution in [0.5, 0.6) is 0 Å². The predicted molar refractivity (Wildman–Crippen MR) is 133 cm³/mol. The van der Waals surface area contributed by atoms with Gasteiger partial charge in [0, 0.05) is 12.5 Å². The summed E-state index contributed by atoms with van der Waals surface area (Å²) >= 11 is 0. The molecule has 0 saturated heterocycles. The summed E-state index contributed by atoms with van der Waals surface area (Å²) in [4.78, 5) is 44.4. The van der Waals surface area contributed by atoms with Gasteiger partial charge in [-0.3, -0.25) is 19.4 Å². The first-order valence-electron chi connectivity index (χ1n) is 12.4. The maximum absolute atomic E-state index is 12.8. The zero-order chi connectivity index (χ0) is 26.0. The maximum atomic E-state index is 12.8. The summed E-state index contributed by atoms with van der Waals surface area (Å²) in [5.74, 6) is -1.15. The standard InChI is InChI=1S/C23H41N7O5/c1-3-4-5-8-16(25)21(32)34-13(2)18(35-22(33)17(26)9-6-7-10-24)14-11-15-19(28-12-14)29-23(27)30-20(15)31/h13-14,16-18H,3-12,24-26H2,1-2H3,(H4,27,28,29,30,31)/t13-,14+,16-,17-,18-/m0/s1. The van der Waals surface area contributed by atoms with E-state index in [1.807, 2.05) is 0 Å². The molecular formula is C23H41N7O5. The number of nitrogens with two attached hydrogens (primary N) is 4. The predicted octanol–water partition coefficient (Wildman–Crippen LogP) is 0.144. The summed E-state index contributed by atoms with van der Waals surface area (Å²) in [7, 11) is 0. The molecule has 0 amide bonds. The Morgan fingerprint density at radius 3 is 2.34 bits per heavy atom. The molecule has 1 aliphatic heterocycles. The Morgan fingerprint density at radius 1 is 1.09 bits per heavy atom. The third-order valence-corrected chi connectivity index (χ3v) is 6.21. The van der Waals surface area contributed by atoms with Gasteiger partial charge in [-0.15, -0.1) is 0 Å². The van der Waals surface area contributed by atoms with Gasteiger partial charge in [0.1, 0.15) is 30.1 Å². The Kier molecular flexibility index (Phi) is 11.4. The fourth-order valence-electron chi connectivity index (χ4n) is 4.14. The van der Waals surface area contributed by atoms with Crippen molar-refractivity contribution >= 4 is 23.7 Å². The van der Waals surface area contributed by atoms with Crippen molar-refractivity contribution in [2.45, 2.75) is 89.5 Å². The maximum Gasteiger partial charge on any atom is 0.323 e. The van der Waals surface area contributed by atoms with Crippen LogP contribution in [-0.4, -0.2) is 59.3 Å². The zero-order valence-corrected chi connectivity index (χ0v) is 20.8. The van der Waals surface area contributed by atoms with E-state index >= 15 is 0 Å². The van der Waals surface area contributed by atoms with Gasteiger partial charge >= 0.3 is 11.9 Å². The smallest absolute Gasteiger partial charge is 0.323 e. The van der Waals surface area contributed by atoms with Crippen LogP contribution in [0.15, 0.2) is 4.79 Å². The van der Waals surface area contributed by atoms with Gasteiger partial charge in [-0.25, -0.2) is 0 Å². The largest absolute Gasteiger partial charge is 0.458 e. The molecule has 2 rings (SSSR count). The van der Waals surface area contributed by atoms with Crippen molar-refractivity contribution in [1.29, 1.82) is 0 Å². The molecule has 12 heteroatoms. The van der Waals surface area contributed by atoms with Gasteiger partial charge in [-0.05, 0) is 39.2 Å².